The highest BCUT2D eigenvalue weighted by Crippen LogP contribution is 2.19. The Labute approximate surface area is 149 Å². The van der Waals surface area contributed by atoms with Gasteiger partial charge in [-0.15, -0.1) is 0 Å². The average molecular weight is 413 g/mol. The molecule has 0 bridgehead atoms. The monoisotopic (exact) mass is 413 g/mol. The van der Waals surface area contributed by atoms with Crippen LogP contribution in [-0.4, -0.2) is 5.91 Å². The quantitative estimate of drug-likeness (QED) is 0.607. The Hall–Kier alpha value is -2.14. The van der Waals surface area contributed by atoms with Crippen LogP contribution in [0, 0.1) is 3.57 Å². The van der Waals surface area contributed by atoms with Crippen molar-refractivity contribution in [3.63, 3.8) is 0 Å². The van der Waals surface area contributed by atoms with E-state index in [-0.39, 0.29) is 5.91 Å². The molecule has 2 nitrogen and oxygen atoms in total. The van der Waals surface area contributed by atoms with E-state index in [4.69, 9.17) is 0 Å². The third kappa shape index (κ3) is 4.20. The smallest absolute Gasteiger partial charge is 0.251 e. The third-order valence-electron chi connectivity index (χ3n) is 3.62. The minimum Gasteiger partial charge on any atom is -0.348 e. The molecule has 0 aliphatic carbocycles. The van der Waals surface area contributed by atoms with Gasteiger partial charge in [0.25, 0.3) is 5.91 Å². The van der Waals surface area contributed by atoms with Gasteiger partial charge in [-0.3, -0.25) is 4.79 Å². The molecule has 0 fully saturated rings. The highest BCUT2D eigenvalue weighted by atomic mass is 127. The molecule has 3 heteroatoms. The van der Waals surface area contributed by atoms with Gasteiger partial charge < -0.3 is 5.32 Å². The molecular weight excluding hydrogens is 397 g/mol. The summed E-state index contributed by atoms with van der Waals surface area (Å²) in [5.41, 5.74) is 4.15. The van der Waals surface area contributed by atoms with Crippen LogP contribution in [0.15, 0.2) is 78.9 Å². The first-order chi connectivity index (χ1) is 11.2. The molecule has 0 radical (unpaired) electrons. The highest BCUT2D eigenvalue weighted by Gasteiger charge is 2.05. The summed E-state index contributed by atoms with van der Waals surface area (Å²) in [4.78, 5) is 12.1. The molecule has 0 saturated heterocycles. The van der Waals surface area contributed by atoms with Crippen molar-refractivity contribution in [2.24, 2.45) is 0 Å². The van der Waals surface area contributed by atoms with Crippen molar-refractivity contribution in [2.75, 3.05) is 0 Å². The molecule has 0 unspecified atom stereocenters. The summed E-state index contributed by atoms with van der Waals surface area (Å²) >= 11 is 2.23. The molecule has 3 aromatic carbocycles. The predicted octanol–water partition coefficient (Wildman–Crippen LogP) is 4.89. The van der Waals surface area contributed by atoms with Gasteiger partial charge in [-0.25, -0.2) is 0 Å². The Bertz CT molecular complexity index is 780. The van der Waals surface area contributed by atoms with E-state index in [1.54, 1.807) is 0 Å². The van der Waals surface area contributed by atoms with Crippen LogP contribution in [0.3, 0.4) is 0 Å². The summed E-state index contributed by atoms with van der Waals surface area (Å²) in [6.45, 7) is 0.528. The van der Waals surface area contributed by atoms with Crippen LogP contribution in [0.25, 0.3) is 11.1 Å². The number of rotatable bonds is 4. The second kappa shape index (κ2) is 7.42. The Balaban J connectivity index is 1.62. The number of carbonyl (C=O) groups excluding carboxylic acids is 1. The zero-order chi connectivity index (χ0) is 16.1. The lowest BCUT2D eigenvalue weighted by molar-refractivity contribution is 0.0951. The summed E-state index contributed by atoms with van der Waals surface area (Å²) in [6, 6.07) is 26.1. The van der Waals surface area contributed by atoms with Gasteiger partial charge in [0.15, 0.2) is 0 Å². The molecule has 1 N–H and O–H groups in total. The molecule has 114 valence electrons. The molecule has 0 spiro atoms. The zero-order valence-electron chi connectivity index (χ0n) is 12.5. The first-order valence-electron chi connectivity index (χ1n) is 7.40. The van der Waals surface area contributed by atoms with Gasteiger partial charge in [-0.2, -0.15) is 0 Å². The molecule has 23 heavy (non-hydrogen) atoms. The van der Waals surface area contributed by atoms with E-state index < -0.39 is 0 Å². The van der Waals surface area contributed by atoms with Gasteiger partial charge in [0.1, 0.15) is 0 Å². The molecule has 0 aliphatic rings. The molecule has 1 amide bonds. The molecule has 0 aromatic heterocycles. The highest BCUT2D eigenvalue weighted by molar-refractivity contribution is 14.1. The number of hydrogen-bond donors (Lipinski definition) is 1. The topological polar surface area (TPSA) is 29.1 Å². The summed E-state index contributed by atoms with van der Waals surface area (Å²) in [7, 11) is 0. The van der Waals surface area contributed by atoms with Crippen molar-refractivity contribution in [3.05, 3.63) is 93.6 Å². The van der Waals surface area contributed by atoms with Crippen LogP contribution < -0.4 is 5.32 Å². The van der Waals surface area contributed by atoms with E-state index in [2.05, 4.69) is 64.3 Å². The van der Waals surface area contributed by atoms with Crippen LogP contribution in [0.2, 0.25) is 0 Å². The lowest BCUT2D eigenvalue weighted by Gasteiger charge is -2.07. The minimum atomic E-state index is -0.0477. The van der Waals surface area contributed by atoms with Gasteiger partial charge in [0, 0.05) is 15.7 Å². The van der Waals surface area contributed by atoms with E-state index in [1.807, 2.05) is 42.5 Å². The standard InChI is InChI=1S/C20H16INO/c21-19-12-10-18(11-13-19)20(23)22-14-15-6-8-17(9-7-15)16-4-2-1-3-5-16/h1-13H,14H2,(H,22,23). The van der Waals surface area contributed by atoms with Gasteiger partial charge in [0.05, 0.1) is 0 Å². The Kier molecular flexibility index (Phi) is 5.08. The van der Waals surface area contributed by atoms with E-state index in [0.717, 1.165) is 9.13 Å². The van der Waals surface area contributed by atoms with Crippen LogP contribution in [-0.2, 0) is 6.54 Å². The zero-order valence-corrected chi connectivity index (χ0v) is 14.7. The lowest BCUT2D eigenvalue weighted by Crippen LogP contribution is -2.22. The first-order valence-corrected chi connectivity index (χ1v) is 8.48. The molecule has 3 rings (SSSR count). The van der Waals surface area contributed by atoms with E-state index >= 15 is 0 Å². The molecule has 0 atom stereocenters. The van der Waals surface area contributed by atoms with Gasteiger partial charge in [-0.05, 0) is 63.5 Å². The second-order valence-corrected chi connectivity index (χ2v) is 6.50. The molecule has 3 aromatic rings. The first kappa shape index (κ1) is 15.7. The molecule has 0 saturated carbocycles. The van der Waals surface area contributed by atoms with Crippen LogP contribution in [0.4, 0.5) is 0 Å². The van der Waals surface area contributed by atoms with Crippen molar-refractivity contribution in [2.45, 2.75) is 6.54 Å². The maximum Gasteiger partial charge on any atom is 0.251 e. The molecule has 0 aliphatic heterocycles. The fourth-order valence-corrected chi connectivity index (χ4v) is 2.69. The fraction of sp³-hybridized carbons (Fsp3) is 0.0500. The van der Waals surface area contributed by atoms with Gasteiger partial charge >= 0.3 is 0 Å². The number of carbonyl (C=O) groups is 1. The lowest BCUT2D eigenvalue weighted by atomic mass is 10.0. The number of amides is 1. The van der Waals surface area contributed by atoms with Crippen molar-refractivity contribution < 1.29 is 4.79 Å². The number of hydrogen-bond acceptors (Lipinski definition) is 1. The normalized spacial score (nSPS) is 10.3. The molecule has 0 heterocycles. The van der Waals surface area contributed by atoms with E-state index in [9.17, 15) is 4.79 Å². The second-order valence-electron chi connectivity index (χ2n) is 5.25. The summed E-state index contributed by atoms with van der Waals surface area (Å²) in [5, 5.41) is 2.95. The van der Waals surface area contributed by atoms with Crippen LogP contribution in [0.5, 0.6) is 0 Å². The summed E-state index contributed by atoms with van der Waals surface area (Å²) in [6.07, 6.45) is 0. The average Bonchev–Trinajstić information content (AvgIpc) is 2.61. The van der Waals surface area contributed by atoms with Crippen molar-refractivity contribution in [1.29, 1.82) is 0 Å². The Morgan fingerprint density at radius 3 is 2.04 bits per heavy atom. The maximum absolute atomic E-state index is 12.1. The van der Waals surface area contributed by atoms with E-state index in [0.29, 0.717) is 12.1 Å². The summed E-state index contributed by atoms with van der Waals surface area (Å²) < 4.78 is 1.12. The number of nitrogens with one attached hydrogen (secondary N) is 1. The predicted molar refractivity (Wildman–Crippen MR) is 102 cm³/mol. The SMILES string of the molecule is O=C(NCc1ccc(-c2ccccc2)cc1)c1ccc(I)cc1. The molecular formula is C20H16INO. The number of benzene rings is 3. The maximum atomic E-state index is 12.1. The summed E-state index contributed by atoms with van der Waals surface area (Å²) in [5.74, 6) is -0.0477. The van der Waals surface area contributed by atoms with E-state index in [1.165, 1.54) is 11.1 Å². The largest absolute Gasteiger partial charge is 0.348 e. The fourth-order valence-electron chi connectivity index (χ4n) is 2.33. The number of halogens is 1. The minimum absolute atomic E-state index is 0.0477. The van der Waals surface area contributed by atoms with Gasteiger partial charge in [-0.1, -0.05) is 54.6 Å². The van der Waals surface area contributed by atoms with Crippen molar-refractivity contribution in [3.8, 4) is 11.1 Å². The van der Waals surface area contributed by atoms with Gasteiger partial charge in [0.2, 0.25) is 0 Å². The third-order valence-corrected chi connectivity index (χ3v) is 4.34. The Morgan fingerprint density at radius 2 is 1.39 bits per heavy atom. The van der Waals surface area contributed by atoms with Crippen LogP contribution in [0.1, 0.15) is 15.9 Å². The van der Waals surface area contributed by atoms with Crippen LogP contribution >= 0.6 is 22.6 Å². The van der Waals surface area contributed by atoms with Crippen molar-refractivity contribution in [1.82, 2.24) is 5.32 Å². The van der Waals surface area contributed by atoms with Crippen molar-refractivity contribution >= 4 is 28.5 Å². The Morgan fingerprint density at radius 1 is 0.783 bits per heavy atom.